The van der Waals surface area contributed by atoms with Gasteiger partial charge in [-0.1, -0.05) is 36.0 Å². The van der Waals surface area contributed by atoms with E-state index in [2.05, 4.69) is 9.97 Å². The van der Waals surface area contributed by atoms with Crippen LogP contribution in [-0.2, 0) is 34.7 Å². The number of carbonyl (C=O) groups is 3. The van der Waals surface area contributed by atoms with Crippen molar-refractivity contribution in [2.75, 3.05) is 12.4 Å². The van der Waals surface area contributed by atoms with Crippen LogP contribution in [-0.4, -0.2) is 55.1 Å². The molecular weight excluding hydrogens is 517 g/mol. The SMILES string of the molecule is CCOC(=O)C1(CS(=O)c2nc3ccccc3s2)OC(=O)C(=O)C1Sc1nc2ccccc2s1. The highest BCUT2D eigenvalue weighted by Crippen LogP contribution is 2.43. The molecule has 0 aliphatic carbocycles. The van der Waals surface area contributed by atoms with E-state index in [1.165, 1.54) is 22.7 Å². The molecule has 0 saturated carbocycles. The Labute approximate surface area is 208 Å². The van der Waals surface area contributed by atoms with E-state index in [0.717, 1.165) is 26.7 Å². The second-order valence-corrected chi connectivity index (χ2v) is 12.3. The predicted molar refractivity (Wildman–Crippen MR) is 131 cm³/mol. The summed E-state index contributed by atoms with van der Waals surface area (Å²) in [6.07, 6.45) is 0. The maximum atomic E-state index is 13.4. The molecule has 5 rings (SSSR count). The molecule has 8 nitrogen and oxygen atoms in total. The number of para-hydroxylation sites is 2. The Hall–Kier alpha value is -2.67. The third-order valence-electron chi connectivity index (χ3n) is 5.07. The third-order valence-corrected chi connectivity index (χ3v) is 10.4. The molecule has 34 heavy (non-hydrogen) atoms. The van der Waals surface area contributed by atoms with Crippen molar-refractivity contribution in [3.63, 3.8) is 0 Å². The summed E-state index contributed by atoms with van der Waals surface area (Å²) >= 11 is 3.49. The number of cyclic esters (lactones) is 1. The highest BCUT2D eigenvalue weighted by atomic mass is 32.2. The summed E-state index contributed by atoms with van der Waals surface area (Å²) in [4.78, 5) is 47.3. The molecular formula is C22H16N2O6S4. The number of ketones is 1. The summed E-state index contributed by atoms with van der Waals surface area (Å²) in [5, 5.41) is -1.29. The molecule has 1 fully saturated rings. The third kappa shape index (κ3) is 4.04. The van der Waals surface area contributed by atoms with E-state index in [1.807, 2.05) is 42.5 Å². The van der Waals surface area contributed by atoms with E-state index in [-0.39, 0.29) is 10.9 Å². The van der Waals surface area contributed by atoms with Crippen LogP contribution >= 0.6 is 34.4 Å². The number of benzene rings is 2. The molecule has 12 heteroatoms. The van der Waals surface area contributed by atoms with Gasteiger partial charge in [-0.2, -0.15) is 0 Å². The van der Waals surface area contributed by atoms with E-state index in [4.69, 9.17) is 9.47 Å². The van der Waals surface area contributed by atoms with E-state index in [0.29, 0.717) is 9.86 Å². The molecule has 0 amide bonds. The Morgan fingerprint density at radius 2 is 1.74 bits per heavy atom. The summed E-state index contributed by atoms with van der Waals surface area (Å²) < 4.78 is 26.4. The van der Waals surface area contributed by atoms with E-state index in [9.17, 15) is 18.6 Å². The van der Waals surface area contributed by atoms with Crippen LogP contribution in [0.2, 0.25) is 0 Å². The first-order chi connectivity index (χ1) is 16.4. The first-order valence-electron chi connectivity index (χ1n) is 10.1. The second-order valence-electron chi connectivity index (χ2n) is 7.25. The van der Waals surface area contributed by atoms with Crippen molar-refractivity contribution in [1.29, 1.82) is 0 Å². The van der Waals surface area contributed by atoms with Crippen LogP contribution < -0.4 is 0 Å². The fraction of sp³-hybridized carbons (Fsp3) is 0.227. The van der Waals surface area contributed by atoms with Gasteiger partial charge in [-0.3, -0.25) is 9.00 Å². The van der Waals surface area contributed by atoms with Crippen LogP contribution in [0.15, 0.2) is 57.2 Å². The molecule has 3 atom stereocenters. The van der Waals surface area contributed by atoms with E-state index in [1.54, 1.807) is 13.0 Å². The summed E-state index contributed by atoms with van der Waals surface area (Å²) in [5.74, 6) is -3.42. The lowest BCUT2D eigenvalue weighted by Gasteiger charge is -2.28. The number of aromatic nitrogens is 2. The summed E-state index contributed by atoms with van der Waals surface area (Å²) in [7, 11) is -1.85. The zero-order chi connectivity index (χ0) is 23.9. The maximum Gasteiger partial charge on any atom is 0.377 e. The Bertz CT molecular complexity index is 1400. The van der Waals surface area contributed by atoms with Crippen molar-refractivity contribution < 1.29 is 28.1 Å². The fourth-order valence-corrected chi connectivity index (χ4v) is 8.61. The molecule has 1 aliphatic rings. The number of carbonyl (C=O) groups excluding carboxylic acids is 3. The predicted octanol–water partition coefficient (Wildman–Crippen LogP) is 3.60. The smallest absolute Gasteiger partial charge is 0.377 e. The fourth-order valence-electron chi connectivity index (χ4n) is 3.51. The van der Waals surface area contributed by atoms with Crippen molar-refractivity contribution in [3.8, 4) is 0 Å². The van der Waals surface area contributed by atoms with Crippen LogP contribution in [0.25, 0.3) is 20.4 Å². The number of rotatable bonds is 7. The van der Waals surface area contributed by atoms with Crippen molar-refractivity contribution in [3.05, 3.63) is 48.5 Å². The van der Waals surface area contributed by atoms with Crippen LogP contribution in [0.3, 0.4) is 0 Å². The summed E-state index contributed by atoms with van der Waals surface area (Å²) in [6, 6.07) is 14.7. The Morgan fingerprint density at radius 1 is 1.09 bits per heavy atom. The minimum Gasteiger partial charge on any atom is -0.463 e. The zero-order valence-electron chi connectivity index (χ0n) is 17.6. The number of ether oxygens (including phenoxy) is 2. The van der Waals surface area contributed by atoms with Crippen molar-refractivity contribution in [2.45, 2.75) is 26.5 Å². The van der Waals surface area contributed by atoms with Crippen LogP contribution in [0.5, 0.6) is 0 Å². The lowest BCUT2D eigenvalue weighted by molar-refractivity contribution is -0.171. The van der Waals surface area contributed by atoms with Gasteiger partial charge in [0.2, 0.25) is 5.60 Å². The average molecular weight is 533 g/mol. The molecule has 2 aromatic carbocycles. The number of esters is 2. The molecule has 0 radical (unpaired) electrons. The van der Waals surface area contributed by atoms with Gasteiger partial charge < -0.3 is 9.47 Å². The minimum atomic E-state index is -2.06. The van der Waals surface area contributed by atoms with Gasteiger partial charge in [0, 0.05) is 0 Å². The molecule has 2 aromatic heterocycles. The van der Waals surface area contributed by atoms with Gasteiger partial charge in [-0.15, -0.1) is 22.7 Å². The van der Waals surface area contributed by atoms with Crippen molar-refractivity contribution in [2.24, 2.45) is 0 Å². The first kappa shape index (κ1) is 23.1. The van der Waals surface area contributed by atoms with Crippen LogP contribution in [0.4, 0.5) is 0 Å². The van der Waals surface area contributed by atoms with Gasteiger partial charge in [0.25, 0.3) is 5.78 Å². The minimum absolute atomic E-state index is 0.00137. The number of Topliss-reactive ketones (excluding diaryl/α,β-unsaturated/α-hetero) is 1. The number of hydrogen-bond donors (Lipinski definition) is 0. The highest BCUT2D eigenvalue weighted by molar-refractivity contribution is 8.02. The molecule has 3 heterocycles. The number of thiazole rings is 2. The van der Waals surface area contributed by atoms with E-state index < -0.39 is 45.1 Å². The Kier molecular flexibility index (Phi) is 6.23. The first-order valence-corrected chi connectivity index (χ1v) is 13.9. The quantitative estimate of drug-likeness (QED) is 0.260. The lowest BCUT2D eigenvalue weighted by Crippen LogP contribution is -2.52. The van der Waals surface area contributed by atoms with Gasteiger partial charge >= 0.3 is 11.9 Å². The topological polar surface area (TPSA) is 113 Å². The number of nitrogens with zero attached hydrogens (tertiary/aromatic N) is 2. The monoisotopic (exact) mass is 532 g/mol. The Balaban J connectivity index is 1.53. The summed E-state index contributed by atoms with van der Waals surface area (Å²) in [5.41, 5.74) is -0.663. The zero-order valence-corrected chi connectivity index (χ0v) is 20.9. The number of hydrogen-bond acceptors (Lipinski definition) is 11. The highest BCUT2D eigenvalue weighted by Gasteiger charge is 2.63. The molecule has 0 bridgehead atoms. The van der Waals surface area contributed by atoms with Crippen molar-refractivity contribution in [1.82, 2.24) is 9.97 Å². The maximum absolute atomic E-state index is 13.4. The average Bonchev–Trinajstić information content (AvgIpc) is 3.50. The molecule has 0 N–H and O–H groups in total. The Morgan fingerprint density at radius 3 is 2.38 bits per heavy atom. The molecule has 1 saturated heterocycles. The molecule has 174 valence electrons. The summed E-state index contributed by atoms with van der Waals surface area (Å²) in [6.45, 7) is 1.60. The lowest BCUT2D eigenvalue weighted by atomic mass is 10.0. The number of thioether (sulfide) groups is 1. The van der Waals surface area contributed by atoms with E-state index >= 15 is 0 Å². The molecule has 0 spiro atoms. The van der Waals surface area contributed by atoms with Crippen LogP contribution in [0, 0.1) is 0 Å². The standard InChI is InChI=1S/C22H16N2O6S4/c1-2-29-19(27)22(11-34(28)21-24-13-8-4-6-10-15(13)32-21)17(16(25)18(26)30-22)33-20-23-12-7-3-5-9-14(12)31-20/h3-10,17H,2,11H2,1H3. The normalized spacial score (nSPS) is 21.1. The largest absolute Gasteiger partial charge is 0.463 e. The molecule has 3 unspecified atom stereocenters. The van der Waals surface area contributed by atoms with Gasteiger partial charge in [-0.25, -0.2) is 19.6 Å². The van der Waals surface area contributed by atoms with Crippen molar-refractivity contribution >= 4 is 83.4 Å². The second kappa shape index (κ2) is 9.17. The van der Waals surface area contributed by atoms with Crippen LogP contribution in [0.1, 0.15) is 6.92 Å². The van der Waals surface area contributed by atoms with Gasteiger partial charge in [0.1, 0.15) is 5.25 Å². The molecule has 4 aromatic rings. The molecule has 1 aliphatic heterocycles. The van der Waals surface area contributed by atoms with Gasteiger partial charge in [-0.05, 0) is 31.2 Å². The van der Waals surface area contributed by atoms with Gasteiger partial charge in [0.15, 0.2) is 8.68 Å². The van der Waals surface area contributed by atoms with Gasteiger partial charge in [0.05, 0.1) is 43.6 Å². The number of fused-ring (bicyclic) bond motifs is 2.